The molecular formula is C25H20BrF3NO6S. The molecule has 0 heterocycles. The molecule has 0 spiro atoms. The monoisotopic (exact) mass is 598 g/mol. The summed E-state index contributed by atoms with van der Waals surface area (Å²) < 4.78 is 74.3. The zero-order valence-corrected chi connectivity index (χ0v) is 21.6. The summed E-state index contributed by atoms with van der Waals surface area (Å²) in [6, 6.07) is 15.0. The second-order valence-electron chi connectivity index (χ2n) is 7.61. The van der Waals surface area contributed by atoms with Crippen molar-refractivity contribution in [3.05, 3.63) is 93.6 Å². The molecule has 0 aliphatic heterocycles. The lowest BCUT2D eigenvalue weighted by molar-refractivity contribution is -0.274. The number of hydrogen-bond acceptors (Lipinski definition) is 7. The van der Waals surface area contributed by atoms with Crippen molar-refractivity contribution in [3.63, 3.8) is 0 Å². The quantitative estimate of drug-likeness (QED) is 0.327. The minimum absolute atomic E-state index is 0.0362. The third-order valence-corrected chi connectivity index (χ3v) is 7.65. The van der Waals surface area contributed by atoms with E-state index in [1.165, 1.54) is 49.6 Å². The summed E-state index contributed by atoms with van der Waals surface area (Å²) in [5.74, 6) is -3.51. The highest BCUT2D eigenvalue weighted by Gasteiger charge is 2.45. The van der Waals surface area contributed by atoms with E-state index in [-0.39, 0.29) is 11.1 Å². The van der Waals surface area contributed by atoms with Crippen LogP contribution in [-0.2, 0) is 9.84 Å². The minimum Gasteiger partial charge on any atom is -0.497 e. The van der Waals surface area contributed by atoms with Gasteiger partial charge < -0.3 is 15.2 Å². The average Bonchev–Trinajstić information content (AvgIpc) is 2.85. The number of methoxy groups -OCH3 is 1. The third kappa shape index (κ3) is 6.76. The second-order valence-corrected chi connectivity index (χ2v) is 10.4. The summed E-state index contributed by atoms with van der Waals surface area (Å²) in [6.45, 7) is -0.533. The standard InChI is InChI=1S/C25H20BrF3NO6S/c1-35-18-7-5-15(6-8-18)22(31)21(14-30)24(23(32)16-3-2-4-17(26)13-16)37(33,34)20-11-9-19(10-12-20)36-25(27,28)29/h2-13,21H,14,30H2,1H3. The van der Waals surface area contributed by atoms with Crippen molar-refractivity contribution < 1.29 is 40.7 Å². The van der Waals surface area contributed by atoms with Crippen molar-refractivity contribution in [1.29, 1.82) is 0 Å². The molecule has 0 saturated heterocycles. The van der Waals surface area contributed by atoms with E-state index in [1.807, 2.05) is 0 Å². The molecule has 0 fully saturated rings. The van der Waals surface area contributed by atoms with E-state index in [0.717, 1.165) is 24.3 Å². The highest BCUT2D eigenvalue weighted by molar-refractivity contribution is 9.10. The molecule has 0 aromatic heterocycles. The number of carbonyl (C=O) groups is 2. The molecule has 1 atom stereocenters. The summed E-state index contributed by atoms with van der Waals surface area (Å²) in [5, 5.41) is -0.807. The van der Waals surface area contributed by atoms with Crippen LogP contribution in [0.4, 0.5) is 13.2 Å². The van der Waals surface area contributed by atoms with Gasteiger partial charge >= 0.3 is 6.36 Å². The summed E-state index contributed by atoms with van der Waals surface area (Å²) in [4.78, 5) is 26.5. The van der Waals surface area contributed by atoms with Crippen molar-refractivity contribution in [2.45, 2.75) is 11.3 Å². The van der Waals surface area contributed by atoms with Crippen LogP contribution in [0.2, 0.25) is 0 Å². The van der Waals surface area contributed by atoms with Crippen LogP contribution in [0.5, 0.6) is 11.5 Å². The van der Waals surface area contributed by atoms with Gasteiger partial charge in [0.25, 0.3) is 0 Å². The zero-order valence-electron chi connectivity index (χ0n) is 19.2. The molecule has 37 heavy (non-hydrogen) atoms. The van der Waals surface area contributed by atoms with E-state index in [4.69, 9.17) is 10.5 Å². The number of nitrogens with two attached hydrogens (primary N) is 1. The van der Waals surface area contributed by atoms with Gasteiger partial charge in [-0.05, 0) is 60.7 Å². The Balaban J connectivity index is 2.10. The van der Waals surface area contributed by atoms with Crippen molar-refractivity contribution in [1.82, 2.24) is 0 Å². The van der Waals surface area contributed by atoms with Crippen LogP contribution in [0.3, 0.4) is 0 Å². The maximum atomic E-state index is 13.7. The van der Waals surface area contributed by atoms with Crippen LogP contribution >= 0.6 is 15.9 Å². The van der Waals surface area contributed by atoms with Crippen molar-refractivity contribution in [2.75, 3.05) is 13.7 Å². The zero-order chi connectivity index (χ0) is 27.4. The lowest BCUT2D eigenvalue weighted by Gasteiger charge is -2.24. The smallest absolute Gasteiger partial charge is 0.497 e. The summed E-state index contributed by atoms with van der Waals surface area (Å²) >= 11 is 3.22. The van der Waals surface area contributed by atoms with Crippen LogP contribution in [-0.4, -0.2) is 40.0 Å². The molecule has 0 amide bonds. The van der Waals surface area contributed by atoms with Crippen molar-refractivity contribution in [3.8, 4) is 11.5 Å². The van der Waals surface area contributed by atoms with Gasteiger partial charge in [0.05, 0.1) is 17.9 Å². The average molecular weight is 599 g/mol. The van der Waals surface area contributed by atoms with E-state index in [2.05, 4.69) is 20.7 Å². The Morgan fingerprint density at radius 3 is 2.05 bits per heavy atom. The summed E-state index contributed by atoms with van der Waals surface area (Å²) in [5.41, 5.74) is 5.89. The number of rotatable bonds is 10. The Morgan fingerprint density at radius 2 is 1.54 bits per heavy atom. The molecule has 7 nitrogen and oxygen atoms in total. The van der Waals surface area contributed by atoms with Gasteiger partial charge in [0.15, 0.2) is 26.7 Å². The molecule has 1 unspecified atom stereocenters. The first-order valence-electron chi connectivity index (χ1n) is 10.5. The number of halogens is 4. The number of sulfone groups is 1. The molecule has 1 radical (unpaired) electrons. The normalized spacial score (nSPS) is 12.7. The van der Waals surface area contributed by atoms with Gasteiger partial charge in [-0.2, -0.15) is 0 Å². The van der Waals surface area contributed by atoms with Gasteiger partial charge in [-0.15, -0.1) is 13.2 Å². The number of Topliss-reactive ketones (excluding diaryl/α,β-unsaturated/α-hetero) is 2. The van der Waals surface area contributed by atoms with Crippen molar-refractivity contribution >= 4 is 37.3 Å². The molecule has 195 valence electrons. The number of alkyl halides is 3. The number of carbonyl (C=O) groups excluding carboxylic acids is 2. The van der Waals surface area contributed by atoms with Gasteiger partial charge in [0.1, 0.15) is 11.5 Å². The van der Waals surface area contributed by atoms with Gasteiger partial charge in [0.2, 0.25) is 0 Å². The van der Waals surface area contributed by atoms with Crippen LogP contribution in [0.15, 0.2) is 82.2 Å². The highest BCUT2D eigenvalue weighted by Crippen LogP contribution is 2.35. The molecule has 3 aromatic carbocycles. The molecule has 2 N–H and O–H groups in total. The Hall–Kier alpha value is -3.22. The fourth-order valence-corrected chi connectivity index (χ4v) is 5.56. The maximum Gasteiger partial charge on any atom is 0.573 e. The molecule has 0 aliphatic carbocycles. The molecule has 0 saturated carbocycles. The van der Waals surface area contributed by atoms with E-state index in [1.54, 1.807) is 6.07 Å². The number of ketones is 2. The Labute approximate surface area is 219 Å². The van der Waals surface area contributed by atoms with Crippen molar-refractivity contribution in [2.24, 2.45) is 11.7 Å². The number of benzene rings is 3. The van der Waals surface area contributed by atoms with Gasteiger partial charge in [-0.25, -0.2) is 8.42 Å². The third-order valence-electron chi connectivity index (χ3n) is 5.21. The summed E-state index contributed by atoms with van der Waals surface area (Å²) in [6.07, 6.45) is -4.98. The maximum absolute atomic E-state index is 13.7. The predicted octanol–water partition coefficient (Wildman–Crippen LogP) is 5.00. The Morgan fingerprint density at radius 1 is 0.946 bits per heavy atom. The predicted molar refractivity (Wildman–Crippen MR) is 132 cm³/mol. The second kappa shape index (κ2) is 11.4. The first kappa shape index (κ1) is 28.4. The van der Waals surface area contributed by atoms with Crippen LogP contribution in [0, 0.1) is 11.2 Å². The van der Waals surface area contributed by atoms with E-state index >= 15 is 0 Å². The summed E-state index contributed by atoms with van der Waals surface area (Å²) in [7, 11) is -3.28. The van der Waals surface area contributed by atoms with Crippen LogP contribution < -0.4 is 15.2 Å². The molecule has 12 heteroatoms. The Kier molecular flexibility index (Phi) is 8.77. The highest BCUT2D eigenvalue weighted by atomic mass is 79.9. The molecule has 3 rings (SSSR count). The van der Waals surface area contributed by atoms with Gasteiger partial charge in [-0.1, -0.05) is 28.1 Å². The van der Waals surface area contributed by atoms with E-state index < -0.39 is 56.1 Å². The molecule has 0 aliphatic rings. The molecule has 3 aromatic rings. The number of ether oxygens (including phenoxy) is 2. The fraction of sp³-hybridized carbons (Fsp3) is 0.160. The SMILES string of the molecule is COc1ccc(C(=O)C(CN)[C](C(=O)c2cccc(Br)c2)S(=O)(=O)c2ccc(OC(F)(F)F)cc2)cc1. The van der Waals surface area contributed by atoms with E-state index in [9.17, 15) is 31.2 Å². The van der Waals surface area contributed by atoms with Gasteiger partial charge in [-0.3, -0.25) is 9.59 Å². The first-order valence-corrected chi connectivity index (χ1v) is 12.8. The van der Waals surface area contributed by atoms with E-state index in [0.29, 0.717) is 10.2 Å². The van der Waals surface area contributed by atoms with Gasteiger partial charge in [0, 0.05) is 22.1 Å². The van der Waals surface area contributed by atoms with Crippen LogP contribution in [0.25, 0.3) is 0 Å². The molecule has 0 bridgehead atoms. The lowest BCUT2D eigenvalue weighted by atomic mass is 9.90. The van der Waals surface area contributed by atoms with Crippen LogP contribution in [0.1, 0.15) is 20.7 Å². The minimum atomic E-state index is -4.98. The largest absolute Gasteiger partial charge is 0.573 e. The number of hydrogen-bond donors (Lipinski definition) is 1. The lowest BCUT2D eigenvalue weighted by Crippen LogP contribution is -2.38. The molecular weight excluding hydrogens is 579 g/mol. The fourth-order valence-electron chi connectivity index (χ4n) is 3.48. The topological polar surface area (TPSA) is 113 Å². The Bertz CT molecular complexity index is 1380. The first-order chi connectivity index (χ1) is 17.4.